The molecule has 2 amide bonds. The van der Waals surface area contributed by atoms with Crippen molar-refractivity contribution in [2.45, 2.75) is 213 Å². The summed E-state index contributed by atoms with van der Waals surface area (Å²) in [6.07, 6.45) is 30.7. The molecule has 1 aliphatic rings. The number of carbonyl (C=O) groups excluding carboxylic acids is 4. The summed E-state index contributed by atoms with van der Waals surface area (Å²) in [5.41, 5.74) is 0. The van der Waals surface area contributed by atoms with Crippen LogP contribution in [0, 0.1) is 0 Å². The van der Waals surface area contributed by atoms with Crippen molar-refractivity contribution >= 4 is 31.6 Å². The summed E-state index contributed by atoms with van der Waals surface area (Å²) in [5.74, 6) is -1.63. The molecule has 1 unspecified atom stereocenters. The Hall–Kier alpha value is -0.810. The number of nitrogens with zero attached hydrogens (tertiary/aromatic N) is 1. The maximum Gasteiger partial charge on any atom is 1.00 e. The van der Waals surface area contributed by atoms with Gasteiger partial charge in [-0.2, -0.15) is 0 Å². The van der Waals surface area contributed by atoms with E-state index in [1.807, 2.05) is 0 Å². The van der Waals surface area contributed by atoms with Crippen molar-refractivity contribution in [3.8, 4) is 0 Å². The molecular formula is C41H76NNaO10P+. The number of amides is 2. The summed E-state index contributed by atoms with van der Waals surface area (Å²) in [7, 11) is -4.61. The van der Waals surface area contributed by atoms with Gasteiger partial charge in [-0.3, -0.25) is 33.1 Å². The topological polar surface area (TPSA) is 146 Å². The number of rotatable bonds is 38. The Kier molecular flexibility index (Phi) is 36.0. The molecule has 0 saturated carbocycles. The third-order valence-corrected chi connectivity index (χ3v) is 10.8. The predicted molar refractivity (Wildman–Crippen MR) is 209 cm³/mol. The van der Waals surface area contributed by atoms with Crippen LogP contribution in [-0.2, 0) is 42.3 Å². The molecule has 13 heteroatoms. The Balaban J connectivity index is 0.0000281. The SMILES string of the molecule is CCCCCCCCCCCCCCCC(=O)OC[C@H](COP(=O)(O)OCCN1C(=O)CCC1=O)OC(=O)CCCCCCCCCCCCCCC.[Na+]. The number of ether oxygens (including phenoxy) is 2. The minimum Gasteiger partial charge on any atom is -0.462 e. The van der Waals surface area contributed by atoms with Crippen molar-refractivity contribution < 1.29 is 76.7 Å². The molecule has 11 nitrogen and oxygen atoms in total. The Bertz CT molecular complexity index is 1000. The molecule has 310 valence electrons. The van der Waals surface area contributed by atoms with Gasteiger partial charge in [0.05, 0.1) is 19.8 Å². The van der Waals surface area contributed by atoms with Crippen LogP contribution >= 0.6 is 7.82 Å². The minimum absolute atomic E-state index is 0. The molecule has 0 radical (unpaired) electrons. The molecule has 0 aromatic heterocycles. The Morgan fingerprint density at radius 3 is 1.37 bits per heavy atom. The molecule has 0 aliphatic carbocycles. The number of phosphoric acid groups is 1. The molecule has 0 aromatic rings. The molecular weight excluding hydrogens is 720 g/mol. The molecule has 1 aliphatic heterocycles. The number of esters is 2. The minimum atomic E-state index is -4.61. The van der Waals surface area contributed by atoms with Crippen LogP contribution in [0.1, 0.15) is 206 Å². The van der Waals surface area contributed by atoms with Crippen molar-refractivity contribution in [1.82, 2.24) is 4.90 Å². The smallest absolute Gasteiger partial charge is 0.462 e. The van der Waals surface area contributed by atoms with E-state index >= 15 is 0 Å². The van der Waals surface area contributed by atoms with Gasteiger partial charge >= 0.3 is 49.3 Å². The molecule has 1 saturated heterocycles. The van der Waals surface area contributed by atoms with Crippen LogP contribution in [0.4, 0.5) is 0 Å². The second kappa shape index (κ2) is 36.5. The van der Waals surface area contributed by atoms with Crippen LogP contribution in [0.3, 0.4) is 0 Å². The van der Waals surface area contributed by atoms with Crippen molar-refractivity contribution in [1.29, 1.82) is 0 Å². The summed E-state index contributed by atoms with van der Waals surface area (Å²) in [6, 6.07) is 0. The maximum absolute atomic E-state index is 12.7. The zero-order chi connectivity index (χ0) is 38.8. The van der Waals surface area contributed by atoms with Gasteiger partial charge in [-0.05, 0) is 12.8 Å². The monoisotopic (exact) mass is 797 g/mol. The van der Waals surface area contributed by atoms with E-state index in [1.165, 1.54) is 116 Å². The molecule has 54 heavy (non-hydrogen) atoms. The third-order valence-electron chi connectivity index (χ3n) is 9.84. The Morgan fingerprint density at radius 2 is 0.963 bits per heavy atom. The summed E-state index contributed by atoms with van der Waals surface area (Å²) in [5, 5.41) is 0. The first-order valence-electron chi connectivity index (χ1n) is 21.5. The fourth-order valence-corrected chi connectivity index (χ4v) is 7.27. The normalized spacial score (nSPS) is 14.5. The Labute approximate surface area is 350 Å². The van der Waals surface area contributed by atoms with Gasteiger partial charge in [0.25, 0.3) is 0 Å². The van der Waals surface area contributed by atoms with Gasteiger partial charge < -0.3 is 14.4 Å². The van der Waals surface area contributed by atoms with Crippen LogP contribution in [0.2, 0.25) is 0 Å². The van der Waals surface area contributed by atoms with E-state index < -0.39 is 32.5 Å². The van der Waals surface area contributed by atoms with Gasteiger partial charge in [-0.25, -0.2) is 4.57 Å². The number of unbranched alkanes of at least 4 members (excludes halogenated alkanes) is 24. The van der Waals surface area contributed by atoms with E-state index in [4.69, 9.17) is 18.5 Å². The molecule has 0 bridgehead atoms. The predicted octanol–water partition coefficient (Wildman–Crippen LogP) is 7.69. The second-order valence-corrected chi connectivity index (χ2v) is 16.3. The summed E-state index contributed by atoms with van der Waals surface area (Å²) >= 11 is 0. The quantitative estimate of drug-likeness (QED) is 0.0217. The number of hydrogen-bond donors (Lipinski definition) is 1. The van der Waals surface area contributed by atoms with Gasteiger partial charge in [-0.15, -0.1) is 0 Å². The zero-order valence-electron chi connectivity index (χ0n) is 34.6. The van der Waals surface area contributed by atoms with E-state index in [2.05, 4.69) is 13.8 Å². The molecule has 1 fully saturated rings. The molecule has 1 rings (SSSR count). The van der Waals surface area contributed by atoms with Crippen LogP contribution in [0.15, 0.2) is 0 Å². The first kappa shape index (κ1) is 53.2. The van der Waals surface area contributed by atoms with E-state index in [0.717, 1.165) is 43.4 Å². The number of likely N-dealkylation sites (tertiary alicyclic amines) is 1. The van der Waals surface area contributed by atoms with Crippen LogP contribution < -0.4 is 29.6 Å². The molecule has 0 spiro atoms. The van der Waals surface area contributed by atoms with E-state index in [0.29, 0.717) is 12.8 Å². The maximum atomic E-state index is 12.7. The number of hydrogen-bond acceptors (Lipinski definition) is 9. The van der Waals surface area contributed by atoms with E-state index in [-0.39, 0.29) is 86.8 Å². The van der Waals surface area contributed by atoms with Gasteiger partial charge in [-0.1, -0.05) is 168 Å². The van der Waals surface area contributed by atoms with Crippen molar-refractivity contribution in [2.75, 3.05) is 26.4 Å². The average Bonchev–Trinajstić information content (AvgIpc) is 3.45. The van der Waals surface area contributed by atoms with Gasteiger partial charge in [0.1, 0.15) is 6.61 Å². The number of imide groups is 1. The summed E-state index contributed by atoms with van der Waals surface area (Å²) in [4.78, 5) is 59.9. The van der Waals surface area contributed by atoms with Crippen molar-refractivity contribution in [2.24, 2.45) is 0 Å². The second-order valence-electron chi connectivity index (χ2n) is 14.8. The standard InChI is InChI=1S/C41H76NO10P.Na/c1-3-5-7-9-11-13-15-17-19-21-23-25-27-29-40(45)49-35-37(36-51-53(47,48)50-34-33-42-38(43)31-32-39(42)44)52-41(46)30-28-26-24-22-20-18-16-14-12-10-8-6-4-2;/h37H,3-36H2,1-2H3,(H,47,48);/q;+1/t37-;/m1./s1. The zero-order valence-corrected chi connectivity index (χ0v) is 37.5. The third kappa shape index (κ3) is 31.3. The first-order valence-corrected chi connectivity index (χ1v) is 23.0. The largest absolute Gasteiger partial charge is 1.00 e. The van der Waals surface area contributed by atoms with Crippen LogP contribution in [-0.4, -0.2) is 66.0 Å². The van der Waals surface area contributed by atoms with Crippen LogP contribution in [0.5, 0.6) is 0 Å². The Morgan fingerprint density at radius 1 is 0.593 bits per heavy atom. The number of phosphoric ester groups is 1. The van der Waals surface area contributed by atoms with Gasteiger partial charge in [0.2, 0.25) is 11.8 Å². The van der Waals surface area contributed by atoms with Crippen LogP contribution in [0.25, 0.3) is 0 Å². The van der Waals surface area contributed by atoms with Gasteiger partial charge in [0, 0.05) is 25.7 Å². The molecule has 1 N–H and O–H groups in total. The first-order chi connectivity index (χ1) is 25.7. The van der Waals surface area contributed by atoms with E-state index in [1.54, 1.807) is 0 Å². The van der Waals surface area contributed by atoms with E-state index in [9.17, 15) is 28.6 Å². The fraction of sp³-hybridized carbons (Fsp3) is 0.902. The summed E-state index contributed by atoms with van der Waals surface area (Å²) < 4.78 is 33.4. The number of carbonyl (C=O) groups is 4. The van der Waals surface area contributed by atoms with Gasteiger partial charge in [0.15, 0.2) is 6.10 Å². The molecule has 1 heterocycles. The molecule has 2 atom stereocenters. The van der Waals surface area contributed by atoms with Crippen molar-refractivity contribution in [3.63, 3.8) is 0 Å². The summed E-state index contributed by atoms with van der Waals surface area (Å²) in [6.45, 7) is 3.10. The fourth-order valence-electron chi connectivity index (χ4n) is 6.53. The van der Waals surface area contributed by atoms with Crippen molar-refractivity contribution in [3.05, 3.63) is 0 Å². The molecule has 0 aromatic carbocycles. The average molecular weight is 797 g/mol.